The lowest BCUT2D eigenvalue weighted by Gasteiger charge is -2.34. The van der Waals surface area contributed by atoms with Gasteiger partial charge in [-0.15, -0.1) is 0 Å². The molecule has 1 aromatic carbocycles. The molecule has 6 nitrogen and oxygen atoms in total. The maximum atomic E-state index is 12.6. The molecule has 1 aliphatic rings. The Hall–Kier alpha value is -2.76. The minimum absolute atomic E-state index is 0.158. The van der Waals surface area contributed by atoms with Crippen LogP contribution in [-0.4, -0.2) is 24.5 Å². The first kappa shape index (κ1) is 18.0. The molecule has 1 heterocycles. The van der Waals surface area contributed by atoms with Gasteiger partial charge in [0.2, 0.25) is 0 Å². The van der Waals surface area contributed by atoms with E-state index in [9.17, 15) is 9.59 Å². The maximum absolute atomic E-state index is 12.6. The summed E-state index contributed by atoms with van der Waals surface area (Å²) in [6.07, 6.45) is 3.97. The minimum atomic E-state index is -0.961. The number of methoxy groups -OCH3 is 1. The van der Waals surface area contributed by atoms with Gasteiger partial charge in [-0.25, -0.2) is 4.79 Å². The normalized spacial score (nSPS) is 15.9. The average Bonchev–Trinajstić information content (AvgIpc) is 3.16. The minimum Gasteiger partial charge on any atom is -0.486 e. The van der Waals surface area contributed by atoms with Gasteiger partial charge < -0.3 is 19.2 Å². The molecule has 6 heteroatoms. The molecule has 2 aromatic rings. The first-order valence-corrected chi connectivity index (χ1v) is 8.80. The number of amides is 1. The molecule has 0 saturated heterocycles. The number of benzene rings is 1. The molecule has 3 rings (SSSR count). The lowest BCUT2D eigenvalue weighted by Crippen LogP contribution is -2.56. The number of ether oxygens (including phenoxy) is 2. The second-order valence-electron chi connectivity index (χ2n) is 6.46. The van der Waals surface area contributed by atoms with Crippen molar-refractivity contribution in [3.8, 4) is 5.75 Å². The summed E-state index contributed by atoms with van der Waals surface area (Å²) in [7, 11) is 1.34. The van der Waals surface area contributed by atoms with Crippen LogP contribution in [0.3, 0.4) is 0 Å². The monoisotopic (exact) mass is 357 g/mol. The van der Waals surface area contributed by atoms with Crippen LogP contribution < -0.4 is 10.1 Å². The zero-order valence-electron chi connectivity index (χ0n) is 14.8. The Morgan fingerprint density at radius 2 is 1.81 bits per heavy atom. The van der Waals surface area contributed by atoms with E-state index in [1.807, 2.05) is 30.3 Å². The molecule has 0 bridgehead atoms. The highest BCUT2D eigenvalue weighted by atomic mass is 16.5. The predicted molar refractivity (Wildman–Crippen MR) is 94.8 cm³/mol. The van der Waals surface area contributed by atoms with E-state index >= 15 is 0 Å². The van der Waals surface area contributed by atoms with Crippen LogP contribution in [0.15, 0.2) is 46.9 Å². The van der Waals surface area contributed by atoms with E-state index in [1.54, 1.807) is 12.1 Å². The fourth-order valence-electron chi connectivity index (χ4n) is 3.26. The van der Waals surface area contributed by atoms with Crippen LogP contribution >= 0.6 is 0 Å². The van der Waals surface area contributed by atoms with Gasteiger partial charge in [0.05, 0.1) is 7.11 Å². The quantitative estimate of drug-likeness (QED) is 0.801. The van der Waals surface area contributed by atoms with E-state index in [4.69, 9.17) is 13.9 Å². The van der Waals surface area contributed by atoms with Crippen molar-refractivity contribution in [3.05, 3.63) is 54.0 Å². The predicted octanol–water partition coefficient (Wildman–Crippen LogP) is 3.46. The van der Waals surface area contributed by atoms with Crippen molar-refractivity contribution in [1.82, 2.24) is 5.32 Å². The third-order valence-electron chi connectivity index (χ3n) is 4.65. The number of carbonyl (C=O) groups is 2. The number of carbonyl (C=O) groups excluding carboxylic acids is 2. The first-order valence-electron chi connectivity index (χ1n) is 8.80. The van der Waals surface area contributed by atoms with Crippen molar-refractivity contribution in [2.45, 2.75) is 44.2 Å². The number of furan rings is 1. The molecular weight excluding hydrogens is 334 g/mol. The molecule has 1 amide bonds. The van der Waals surface area contributed by atoms with Crippen molar-refractivity contribution >= 4 is 11.9 Å². The summed E-state index contributed by atoms with van der Waals surface area (Å²) in [5.41, 5.74) is -0.961. The van der Waals surface area contributed by atoms with Crippen LogP contribution in [0.4, 0.5) is 0 Å². The Bertz CT molecular complexity index is 747. The van der Waals surface area contributed by atoms with Crippen molar-refractivity contribution in [2.24, 2.45) is 0 Å². The summed E-state index contributed by atoms with van der Waals surface area (Å²) >= 11 is 0. The molecule has 0 aliphatic heterocycles. The summed E-state index contributed by atoms with van der Waals surface area (Å²) in [6.45, 7) is 0.222. The summed E-state index contributed by atoms with van der Waals surface area (Å²) in [6, 6.07) is 12.7. The van der Waals surface area contributed by atoms with Crippen molar-refractivity contribution < 1.29 is 23.5 Å². The lowest BCUT2D eigenvalue weighted by molar-refractivity contribution is -0.149. The van der Waals surface area contributed by atoms with Gasteiger partial charge in [-0.05, 0) is 37.1 Å². The first-order chi connectivity index (χ1) is 12.6. The molecule has 0 radical (unpaired) electrons. The number of nitrogens with one attached hydrogen (secondary N) is 1. The van der Waals surface area contributed by atoms with Gasteiger partial charge in [0.1, 0.15) is 23.7 Å². The van der Waals surface area contributed by atoms with Gasteiger partial charge in [-0.2, -0.15) is 0 Å². The summed E-state index contributed by atoms with van der Waals surface area (Å²) < 4.78 is 16.1. The molecule has 1 N–H and O–H groups in total. The highest BCUT2D eigenvalue weighted by molar-refractivity contribution is 5.96. The van der Waals surface area contributed by atoms with Crippen molar-refractivity contribution in [3.63, 3.8) is 0 Å². The number of para-hydroxylation sites is 1. The van der Waals surface area contributed by atoms with Crippen LogP contribution in [-0.2, 0) is 16.1 Å². The van der Waals surface area contributed by atoms with Gasteiger partial charge in [-0.1, -0.05) is 37.5 Å². The van der Waals surface area contributed by atoms with Crippen LogP contribution in [0.5, 0.6) is 5.75 Å². The topological polar surface area (TPSA) is 77.8 Å². The zero-order valence-corrected chi connectivity index (χ0v) is 14.8. The number of hydrogen-bond donors (Lipinski definition) is 1. The molecular formula is C20H23NO5. The highest BCUT2D eigenvalue weighted by Crippen LogP contribution is 2.30. The van der Waals surface area contributed by atoms with Crippen molar-refractivity contribution in [1.29, 1.82) is 0 Å². The SMILES string of the molecule is COC(=O)C1(NC(=O)c2ccc(COc3ccccc3)o2)CCCCC1. The molecule has 1 aliphatic carbocycles. The van der Waals surface area contributed by atoms with Gasteiger partial charge in [0.25, 0.3) is 5.91 Å². The van der Waals surface area contributed by atoms with E-state index < -0.39 is 17.4 Å². The fourth-order valence-corrected chi connectivity index (χ4v) is 3.26. The second-order valence-corrected chi connectivity index (χ2v) is 6.46. The number of esters is 1. The third-order valence-corrected chi connectivity index (χ3v) is 4.65. The second kappa shape index (κ2) is 8.08. The maximum Gasteiger partial charge on any atom is 0.331 e. The van der Waals surface area contributed by atoms with E-state index in [0.717, 1.165) is 25.0 Å². The number of rotatable bonds is 6. The summed E-state index contributed by atoms with van der Waals surface area (Å²) in [4.78, 5) is 24.8. The third kappa shape index (κ3) is 4.07. The summed E-state index contributed by atoms with van der Waals surface area (Å²) in [5.74, 6) is 0.607. The highest BCUT2D eigenvalue weighted by Gasteiger charge is 2.42. The molecule has 1 saturated carbocycles. The van der Waals surface area contributed by atoms with Gasteiger partial charge >= 0.3 is 5.97 Å². The Balaban J connectivity index is 1.64. The van der Waals surface area contributed by atoms with E-state index in [2.05, 4.69) is 5.32 Å². The lowest BCUT2D eigenvalue weighted by atomic mass is 9.81. The molecule has 0 unspecified atom stereocenters. The van der Waals surface area contributed by atoms with Crippen LogP contribution in [0, 0.1) is 0 Å². The largest absolute Gasteiger partial charge is 0.486 e. The fraction of sp³-hybridized carbons (Fsp3) is 0.400. The molecule has 0 spiro atoms. The smallest absolute Gasteiger partial charge is 0.331 e. The Morgan fingerprint density at radius 1 is 1.08 bits per heavy atom. The van der Waals surface area contributed by atoms with Crippen LogP contribution in [0.25, 0.3) is 0 Å². The molecule has 1 aromatic heterocycles. The van der Waals surface area contributed by atoms with Gasteiger partial charge in [-0.3, -0.25) is 4.79 Å². The average molecular weight is 357 g/mol. The summed E-state index contributed by atoms with van der Waals surface area (Å²) in [5, 5.41) is 2.84. The Morgan fingerprint density at radius 3 is 2.50 bits per heavy atom. The Kier molecular flexibility index (Phi) is 5.61. The van der Waals surface area contributed by atoms with Crippen molar-refractivity contribution in [2.75, 3.05) is 7.11 Å². The Labute approximate surface area is 152 Å². The van der Waals surface area contributed by atoms with Gasteiger partial charge in [0.15, 0.2) is 5.76 Å². The standard InChI is InChI=1S/C20H23NO5/c1-24-19(23)20(12-6-3-7-13-20)21-18(22)17-11-10-16(26-17)14-25-15-8-4-2-5-9-15/h2,4-5,8-11H,3,6-7,12-14H2,1H3,(H,21,22). The van der Waals surface area contributed by atoms with E-state index in [1.165, 1.54) is 7.11 Å². The number of hydrogen-bond acceptors (Lipinski definition) is 5. The zero-order chi connectivity index (χ0) is 18.4. The van der Waals surface area contributed by atoms with E-state index in [0.29, 0.717) is 18.6 Å². The van der Waals surface area contributed by atoms with Crippen LogP contribution in [0.2, 0.25) is 0 Å². The van der Waals surface area contributed by atoms with Gasteiger partial charge in [0, 0.05) is 0 Å². The molecule has 0 atom stereocenters. The molecule has 138 valence electrons. The van der Waals surface area contributed by atoms with Crippen LogP contribution in [0.1, 0.15) is 48.4 Å². The molecule has 26 heavy (non-hydrogen) atoms. The molecule has 1 fully saturated rings. The van der Waals surface area contributed by atoms with E-state index in [-0.39, 0.29) is 12.4 Å².